The quantitative estimate of drug-likeness (QED) is 0.369. The summed E-state index contributed by atoms with van der Waals surface area (Å²) >= 11 is 0. The van der Waals surface area contributed by atoms with E-state index in [2.05, 4.69) is 69.3 Å². The van der Waals surface area contributed by atoms with E-state index in [1.807, 2.05) is 49.4 Å². The van der Waals surface area contributed by atoms with E-state index < -0.39 is 14.4 Å². The van der Waals surface area contributed by atoms with Crippen molar-refractivity contribution < 1.29 is 18.8 Å². The summed E-state index contributed by atoms with van der Waals surface area (Å²) in [5.41, 5.74) is 1.08. The van der Waals surface area contributed by atoms with Crippen LogP contribution >= 0.6 is 0 Å². The molecule has 0 bridgehead atoms. The molecule has 3 aromatic rings. The van der Waals surface area contributed by atoms with Crippen LogP contribution in [0.5, 0.6) is 0 Å². The lowest BCUT2D eigenvalue weighted by atomic mass is 10.0. The maximum absolute atomic E-state index is 13.3. The van der Waals surface area contributed by atoms with Crippen LogP contribution in [0, 0.1) is 5.92 Å². The van der Waals surface area contributed by atoms with Gasteiger partial charge in [0, 0.05) is 13.0 Å². The van der Waals surface area contributed by atoms with Crippen molar-refractivity contribution in [1.82, 2.24) is 4.90 Å². The molecule has 0 saturated carbocycles. The number of carbonyl (C=O) groups is 2. The van der Waals surface area contributed by atoms with Gasteiger partial charge < -0.3 is 9.16 Å². The normalized spacial score (nSPS) is 16.9. The van der Waals surface area contributed by atoms with Crippen molar-refractivity contribution in [3.8, 4) is 0 Å². The summed E-state index contributed by atoms with van der Waals surface area (Å²) in [5.74, 6) is -0.276. The summed E-state index contributed by atoms with van der Waals surface area (Å²) in [6, 6.07) is 30.6. The number of hydrogen-bond acceptors (Lipinski definition) is 4. The molecule has 0 aliphatic carbocycles. The zero-order valence-corrected chi connectivity index (χ0v) is 23.2. The SMILES string of the molecule is C[C@H](CO[Si](c1ccccc1)(c1ccccc1)C(C)(C)C)CC(=O)N1C(=O)OC[C@@H]1Cc1ccccc1. The molecular weight excluding hydrogens is 478 g/mol. The van der Waals surface area contributed by atoms with Gasteiger partial charge in [0.1, 0.15) is 6.61 Å². The Bertz CT molecular complexity index is 1140. The molecule has 0 radical (unpaired) electrons. The molecule has 37 heavy (non-hydrogen) atoms. The molecule has 1 saturated heterocycles. The standard InChI is InChI=1S/C31H37NO4Si/c1-24(20-29(33)32-26(23-35-30(32)34)21-25-14-8-5-9-15-25)22-36-37(31(2,3)4,27-16-10-6-11-17-27)28-18-12-7-13-19-28/h5-19,24,26H,20-23H2,1-4H3/t24-,26-/m0/s1. The molecule has 3 aromatic carbocycles. The van der Waals surface area contributed by atoms with Crippen molar-refractivity contribution in [2.75, 3.05) is 13.2 Å². The summed E-state index contributed by atoms with van der Waals surface area (Å²) < 4.78 is 12.3. The Balaban J connectivity index is 1.51. The van der Waals surface area contributed by atoms with Crippen molar-refractivity contribution >= 4 is 30.7 Å². The fourth-order valence-electron chi connectivity index (χ4n) is 5.29. The van der Waals surface area contributed by atoms with E-state index in [9.17, 15) is 9.59 Å². The number of carbonyl (C=O) groups excluding carboxylic acids is 2. The zero-order valence-electron chi connectivity index (χ0n) is 22.2. The Morgan fingerprint density at radius 1 is 0.946 bits per heavy atom. The van der Waals surface area contributed by atoms with Gasteiger partial charge in [-0.3, -0.25) is 4.79 Å². The Labute approximate surface area is 221 Å². The van der Waals surface area contributed by atoms with Crippen LogP contribution in [0.4, 0.5) is 4.79 Å². The lowest BCUT2D eigenvalue weighted by Gasteiger charge is -2.43. The monoisotopic (exact) mass is 515 g/mol. The predicted octanol–water partition coefficient (Wildman–Crippen LogP) is 5.18. The van der Waals surface area contributed by atoms with E-state index in [1.54, 1.807) is 0 Å². The topological polar surface area (TPSA) is 55.8 Å². The number of imide groups is 1. The van der Waals surface area contributed by atoms with Crippen LogP contribution < -0.4 is 10.4 Å². The first-order chi connectivity index (χ1) is 17.7. The highest BCUT2D eigenvalue weighted by molar-refractivity contribution is 6.99. The molecule has 1 aliphatic rings. The molecule has 6 heteroatoms. The molecule has 2 atom stereocenters. The predicted molar refractivity (Wildman–Crippen MR) is 149 cm³/mol. The molecule has 194 valence electrons. The molecular formula is C31H37NO4Si. The number of rotatable bonds is 9. The fourth-order valence-corrected chi connectivity index (χ4v) is 9.98. The van der Waals surface area contributed by atoms with Gasteiger partial charge in [0.25, 0.3) is 8.32 Å². The van der Waals surface area contributed by atoms with Crippen LogP contribution in [0.3, 0.4) is 0 Å². The van der Waals surface area contributed by atoms with Crippen LogP contribution in [0.1, 0.15) is 39.7 Å². The van der Waals surface area contributed by atoms with Crippen molar-refractivity contribution in [3.05, 3.63) is 96.6 Å². The van der Waals surface area contributed by atoms with Crippen LogP contribution in [0.25, 0.3) is 0 Å². The minimum absolute atomic E-state index is 0.0695. The van der Waals surface area contributed by atoms with Crippen molar-refractivity contribution in [2.24, 2.45) is 5.92 Å². The first kappa shape index (κ1) is 26.8. The molecule has 0 aromatic heterocycles. The molecule has 5 nitrogen and oxygen atoms in total. The third-order valence-electron chi connectivity index (χ3n) is 7.07. The van der Waals surface area contributed by atoms with Crippen LogP contribution in [-0.4, -0.2) is 44.5 Å². The number of nitrogens with zero attached hydrogens (tertiary/aromatic N) is 1. The minimum atomic E-state index is -2.69. The molecule has 2 amide bonds. The minimum Gasteiger partial charge on any atom is -0.447 e. The molecule has 0 N–H and O–H groups in total. The second-order valence-electron chi connectivity index (χ2n) is 11.0. The Morgan fingerprint density at radius 3 is 1.97 bits per heavy atom. The average Bonchev–Trinajstić information content (AvgIpc) is 3.25. The van der Waals surface area contributed by atoms with Crippen molar-refractivity contribution in [2.45, 2.75) is 51.6 Å². The second kappa shape index (κ2) is 11.4. The second-order valence-corrected chi connectivity index (χ2v) is 15.3. The van der Waals surface area contributed by atoms with Gasteiger partial charge in [0.15, 0.2) is 0 Å². The van der Waals surface area contributed by atoms with Crippen LogP contribution in [0.15, 0.2) is 91.0 Å². The third-order valence-corrected chi connectivity index (χ3v) is 12.1. The zero-order chi connectivity index (χ0) is 26.5. The number of ether oxygens (including phenoxy) is 1. The first-order valence-electron chi connectivity index (χ1n) is 13.0. The highest BCUT2D eigenvalue weighted by Gasteiger charge is 2.50. The Kier molecular flexibility index (Phi) is 8.30. The van der Waals surface area contributed by atoms with Crippen molar-refractivity contribution in [3.63, 3.8) is 0 Å². The summed E-state index contributed by atoms with van der Waals surface area (Å²) in [6.07, 6.45) is 0.259. The largest absolute Gasteiger partial charge is 0.447 e. The van der Waals surface area contributed by atoms with Gasteiger partial charge in [-0.1, -0.05) is 119 Å². The molecule has 1 aliphatic heterocycles. The summed E-state index contributed by atoms with van der Waals surface area (Å²) in [7, 11) is -2.69. The number of hydrogen-bond donors (Lipinski definition) is 0. The first-order valence-corrected chi connectivity index (χ1v) is 14.9. The molecule has 1 heterocycles. The maximum atomic E-state index is 13.3. The van der Waals surface area contributed by atoms with E-state index in [1.165, 1.54) is 15.3 Å². The van der Waals surface area contributed by atoms with E-state index in [-0.39, 0.29) is 35.9 Å². The maximum Gasteiger partial charge on any atom is 0.416 e. The Morgan fingerprint density at radius 2 is 1.46 bits per heavy atom. The van der Waals surface area contributed by atoms with Crippen LogP contribution in [-0.2, 0) is 20.4 Å². The smallest absolute Gasteiger partial charge is 0.416 e. The van der Waals surface area contributed by atoms with Crippen LogP contribution in [0.2, 0.25) is 5.04 Å². The van der Waals surface area contributed by atoms with Gasteiger partial charge in [-0.25, -0.2) is 9.69 Å². The van der Waals surface area contributed by atoms with Gasteiger partial charge >= 0.3 is 6.09 Å². The van der Waals surface area contributed by atoms with Gasteiger partial charge in [0.2, 0.25) is 5.91 Å². The number of benzene rings is 3. The summed E-state index contributed by atoms with van der Waals surface area (Å²) in [4.78, 5) is 27.1. The lowest BCUT2D eigenvalue weighted by molar-refractivity contribution is -0.130. The highest BCUT2D eigenvalue weighted by Crippen LogP contribution is 2.37. The van der Waals surface area contributed by atoms with Gasteiger partial charge in [-0.05, 0) is 33.3 Å². The highest BCUT2D eigenvalue weighted by atomic mass is 28.4. The third kappa shape index (κ3) is 5.86. The van der Waals surface area contributed by atoms with E-state index in [0.29, 0.717) is 13.0 Å². The van der Waals surface area contributed by atoms with Gasteiger partial charge in [-0.15, -0.1) is 0 Å². The van der Waals surface area contributed by atoms with E-state index >= 15 is 0 Å². The van der Waals surface area contributed by atoms with Gasteiger partial charge in [-0.2, -0.15) is 0 Å². The summed E-state index contributed by atoms with van der Waals surface area (Å²) in [5, 5.41) is 2.27. The lowest BCUT2D eigenvalue weighted by Crippen LogP contribution is -2.66. The number of cyclic esters (lactones) is 1. The van der Waals surface area contributed by atoms with E-state index in [0.717, 1.165) is 5.56 Å². The van der Waals surface area contributed by atoms with E-state index in [4.69, 9.17) is 9.16 Å². The molecule has 0 spiro atoms. The number of amides is 2. The Hall–Kier alpha value is -3.22. The average molecular weight is 516 g/mol. The molecule has 4 rings (SSSR count). The molecule has 1 fully saturated rings. The fraction of sp³-hybridized carbons (Fsp3) is 0.355. The molecule has 0 unspecified atom stereocenters. The summed E-state index contributed by atoms with van der Waals surface area (Å²) in [6.45, 7) is 9.39. The van der Waals surface area contributed by atoms with Gasteiger partial charge in [0.05, 0.1) is 6.04 Å². The van der Waals surface area contributed by atoms with Crippen molar-refractivity contribution in [1.29, 1.82) is 0 Å².